The van der Waals surface area contributed by atoms with E-state index in [9.17, 15) is 5.26 Å². The summed E-state index contributed by atoms with van der Waals surface area (Å²) in [5.74, 6) is 0.544. The molecule has 2 aromatic heterocycles. The fourth-order valence-corrected chi connectivity index (χ4v) is 3.01. The normalized spacial score (nSPS) is 15.3. The van der Waals surface area contributed by atoms with Crippen LogP contribution in [0.3, 0.4) is 0 Å². The first-order valence-corrected chi connectivity index (χ1v) is 8.03. The van der Waals surface area contributed by atoms with Gasteiger partial charge in [-0.2, -0.15) is 10.4 Å². The summed E-state index contributed by atoms with van der Waals surface area (Å²) in [6.07, 6.45) is 3.63. The molecule has 0 bridgehead atoms. The van der Waals surface area contributed by atoms with E-state index in [1.807, 2.05) is 24.3 Å². The Morgan fingerprint density at radius 2 is 2.00 bits per heavy atom. The van der Waals surface area contributed by atoms with Crippen LogP contribution in [0.4, 0.5) is 5.95 Å². The largest absolute Gasteiger partial charge is 0.351 e. The summed E-state index contributed by atoms with van der Waals surface area (Å²) < 4.78 is 0. The fraction of sp³-hybridized carbons (Fsp3) is 0.294. The third-order valence-corrected chi connectivity index (χ3v) is 4.28. The number of piperidine rings is 1. The molecule has 1 aliphatic rings. The minimum Gasteiger partial charge on any atom is -0.351 e. The number of hydrogen-bond acceptors (Lipinski definition) is 6. The van der Waals surface area contributed by atoms with Crippen molar-refractivity contribution in [3.8, 4) is 17.5 Å². The van der Waals surface area contributed by atoms with E-state index in [0.29, 0.717) is 28.9 Å². The Bertz CT molecular complexity index is 903. The molecule has 3 aromatic rings. The topological polar surface area (TPSA) is 102 Å². The van der Waals surface area contributed by atoms with Crippen LogP contribution in [0.5, 0.6) is 0 Å². The van der Waals surface area contributed by atoms with Crippen LogP contribution < -0.4 is 10.6 Å². The molecule has 24 heavy (non-hydrogen) atoms. The number of aromatic amines is 1. The third-order valence-electron chi connectivity index (χ3n) is 4.28. The molecule has 0 aliphatic carbocycles. The van der Waals surface area contributed by atoms with Crippen LogP contribution >= 0.6 is 0 Å². The average molecular weight is 319 g/mol. The summed E-state index contributed by atoms with van der Waals surface area (Å²) >= 11 is 0. The Morgan fingerprint density at radius 1 is 1.17 bits per heavy atom. The van der Waals surface area contributed by atoms with E-state index in [0.717, 1.165) is 36.8 Å². The Kier molecular flexibility index (Phi) is 3.81. The Hall–Kier alpha value is -2.98. The third kappa shape index (κ3) is 2.68. The van der Waals surface area contributed by atoms with Crippen LogP contribution in [-0.4, -0.2) is 39.3 Å². The SMILES string of the molecule is N#Cc1cnc(NC2CCNCC2)nc1-c1n[nH]c2ccccc12. The van der Waals surface area contributed by atoms with Gasteiger partial charge in [-0.25, -0.2) is 9.97 Å². The molecule has 3 N–H and O–H groups in total. The molecule has 1 fully saturated rings. The number of aromatic nitrogens is 4. The number of nitriles is 1. The van der Waals surface area contributed by atoms with Crippen molar-refractivity contribution in [2.75, 3.05) is 18.4 Å². The van der Waals surface area contributed by atoms with Crippen molar-refractivity contribution in [1.82, 2.24) is 25.5 Å². The van der Waals surface area contributed by atoms with Crippen LogP contribution in [0, 0.1) is 11.3 Å². The second-order valence-corrected chi connectivity index (χ2v) is 5.85. The molecule has 0 atom stereocenters. The van der Waals surface area contributed by atoms with E-state index in [1.165, 1.54) is 0 Å². The van der Waals surface area contributed by atoms with Gasteiger partial charge in [0.1, 0.15) is 17.5 Å². The molecule has 7 heteroatoms. The molecular formula is C17H17N7. The number of fused-ring (bicyclic) bond motifs is 1. The molecule has 0 radical (unpaired) electrons. The molecule has 0 unspecified atom stereocenters. The maximum Gasteiger partial charge on any atom is 0.223 e. The van der Waals surface area contributed by atoms with Gasteiger partial charge in [-0.3, -0.25) is 5.10 Å². The van der Waals surface area contributed by atoms with Gasteiger partial charge in [0, 0.05) is 11.4 Å². The lowest BCUT2D eigenvalue weighted by molar-refractivity contribution is 0.477. The van der Waals surface area contributed by atoms with Crippen LogP contribution in [0.15, 0.2) is 30.5 Å². The molecule has 7 nitrogen and oxygen atoms in total. The highest BCUT2D eigenvalue weighted by atomic mass is 15.2. The van der Waals surface area contributed by atoms with Gasteiger partial charge < -0.3 is 10.6 Å². The van der Waals surface area contributed by atoms with Crippen LogP contribution in [0.2, 0.25) is 0 Å². The number of nitrogens with zero attached hydrogens (tertiary/aromatic N) is 4. The lowest BCUT2D eigenvalue weighted by Gasteiger charge is -2.23. The number of anilines is 1. The van der Waals surface area contributed by atoms with Crippen LogP contribution in [0.25, 0.3) is 22.3 Å². The van der Waals surface area contributed by atoms with Crippen LogP contribution in [-0.2, 0) is 0 Å². The predicted molar refractivity (Wildman–Crippen MR) is 91.3 cm³/mol. The number of hydrogen-bond donors (Lipinski definition) is 3. The Balaban J connectivity index is 1.73. The summed E-state index contributed by atoms with van der Waals surface area (Å²) in [7, 11) is 0. The molecule has 4 rings (SSSR count). The van der Waals surface area contributed by atoms with Gasteiger partial charge in [-0.05, 0) is 32.0 Å². The lowest BCUT2D eigenvalue weighted by atomic mass is 10.1. The van der Waals surface area contributed by atoms with E-state index in [-0.39, 0.29) is 0 Å². The number of para-hydroxylation sites is 1. The van der Waals surface area contributed by atoms with Crippen molar-refractivity contribution in [2.45, 2.75) is 18.9 Å². The van der Waals surface area contributed by atoms with Gasteiger partial charge in [0.2, 0.25) is 5.95 Å². The van der Waals surface area contributed by atoms with Crippen molar-refractivity contribution in [3.63, 3.8) is 0 Å². The summed E-state index contributed by atoms with van der Waals surface area (Å²) in [5.41, 5.74) is 2.57. The van der Waals surface area contributed by atoms with Crippen molar-refractivity contribution in [1.29, 1.82) is 5.26 Å². The Labute approximate surface area is 139 Å². The standard InChI is InChI=1S/C17H17N7/c18-9-11-10-20-17(21-12-5-7-19-8-6-12)22-15(11)16-13-3-1-2-4-14(13)23-24-16/h1-4,10,12,19H,5-8H2,(H,23,24)(H,20,21,22). The highest BCUT2D eigenvalue weighted by Crippen LogP contribution is 2.27. The monoisotopic (exact) mass is 319 g/mol. The molecular weight excluding hydrogens is 302 g/mol. The molecule has 0 spiro atoms. The minimum absolute atomic E-state index is 0.350. The van der Waals surface area contributed by atoms with E-state index in [2.05, 4.69) is 36.9 Å². The average Bonchev–Trinajstić information content (AvgIpc) is 3.06. The van der Waals surface area contributed by atoms with Crippen LogP contribution in [0.1, 0.15) is 18.4 Å². The van der Waals surface area contributed by atoms with Gasteiger partial charge in [-0.15, -0.1) is 0 Å². The zero-order valence-corrected chi connectivity index (χ0v) is 13.1. The summed E-state index contributed by atoms with van der Waals surface area (Å²) in [4.78, 5) is 8.87. The van der Waals surface area contributed by atoms with Crippen molar-refractivity contribution in [2.24, 2.45) is 0 Å². The summed E-state index contributed by atoms with van der Waals surface area (Å²) in [6.45, 7) is 1.98. The maximum absolute atomic E-state index is 9.40. The van der Waals surface area contributed by atoms with E-state index in [4.69, 9.17) is 0 Å². The minimum atomic E-state index is 0.350. The summed E-state index contributed by atoms with van der Waals surface area (Å²) in [5, 5.41) is 24.4. The van der Waals surface area contributed by atoms with Gasteiger partial charge in [0.15, 0.2) is 0 Å². The van der Waals surface area contributed by atoms with Crippen molar-refractivity contribution < 1.29 is 0 Å². The highest BCUT2D eigenvalue weighted by Gasteiger charge is 2.18. The smallest absolute Gasteiger partial charge is 0.223 e. The van der Waals surface area contributed by atoms with E-state index < -0.39 is 0 Å². The summed E-state index contributed by atoms with van der Waals surface area (Å²) in [6, 6.07) is 10.3. The van der Waals surface area contributed by atoms with Gasteiger partial charge in [-0.1, -0.05) is 18.2 Å². The Morgan fingerprint density at radius 3 is 2.83 bits per heavy atom. The second kappa shape index (κ2) is 6.26. The number of benzene rings is 1. The molecule has 0 saturated carbocycles. The number of nitrogens with one attached hydrogen (secondary N) is 3. The fourth-order valence-electron chi connectivity index (χ4n) is 3.01. The first-order valence-electron chi connectivity index (χ1n) is 8.03. The molecule has 3 heterocycles. The predicted octanol–water partition coefficient (Wildman–Crippen LogP) is 2.06. The highest BCUT2D eigenvalue weighted by molar-refractivity contribution is 5.93. The van der Waals surface area contributed by atoms with Crippen molar-refractivity contribution in [3.05, 3.63) is 36.0 Å². The zero-order chi connectivity index (χ0) is 16.4. The molecule has 1 aromatic carbocycles. The molecule has 1 saturated heterocycles. The van der Waals surface area contributed by atoms with Gasteiger partial charge >= 0.3 is 0 Å². The first-order chi connectivity index (χ1) is 11.8. The second-order valence-electron chi connectivity index (χ2n) is 5.85. The van der Waals surface area contributed by atoms with Crippen molar-refractivity contribution >= 4 is 16.9 Å². The van der Waals surface area contributed by atoms with E-state index >= 15 is 0 Å². The number of rotatable bonds is 3. The van der Waals surface area contributed by atoms with Gasteiger partial charge in [0.25, 0.3) is 0 Å². The molecule has 120 valence electrons. The van der Waals surface area contributed by atoms with Gasteiger partial charge in [0.05, 0.1) is 17.3 Å². The lowest BCUT2D eigenvalue weighted by Crippen LogP contribution is -2.35. The number of H-pyrrole nitrogens is 1. The molecule has 0 amide bonds. The maximum atomic E-state index is 9.40. The quantitative estimate of drug-likeness (QED) is 0.683. The molecule has 1 aliphatic heterocycles. The van der Waals surface area contributed by atoms with E-state index in [1.54, 1.807) is 6.20 Å². The zero-order valence-electron chi connectivity index (χ0n) is 13.1. The first kappa shape index (κ1) is 14.6.